The van der Waals surface area contributed by atoms with Crippen LogP contribution in [0.3, 0.4) is 0 Å². The molecule has 2 atom stereocenters. The summed E-state index contributed by atoms with van der Waals surface area (Å²) < 4.78 is 2.43. The fourth-order valence-corrected chi connectivity index (χ4v) is 3.71. The highest BCUT2D eigenvalue weighted by Crippen LogP contribution is 2.37. The molecule has 0 bridgehead atoms. The number of rotatable bonds is 2. The fraction of sp³-hybridized carbons (Fsp3) is 0.857. The van der Waals surface area contributed by atoms with E-state index in [0.717, 1.165) is 18.7 Å². The highest BCUT2D eigenvalue weighted by molar-refractivity contribution is 5.07. The summed E-state index contributed by atoms with van der Waals surface area (Å²) in [7, 11) is 0. The highest BCUT2D eigenvalue weighted by atomic mass is 15.3. The highest BCUT2D eigenvalue weighted by Gasteiger charge is 2.30. The van der Waals surface area contributed by atoms with Gasteiger partial charge < -0.3 is 10.3 Å². The summed E-state index contributed by atoms with van der Waals surface area (Å²) in [6.07, 6.45) is 10.1. The molecule has 0 spiro atoms. The van der Waals surface area contributed by atoms with Gasteiger partial charge in [-0.15, -0.1) is 10.2 Å². The van der Waals surface area contributed by atoms with Crippen molar-refractivity contribution in [2.45, 2.75) is 76.3 Å². The van der Waals surface area contributed by atoms with Crippen LogP contribution in [0.25, 0.3) is 0 Å². The van der Waals surface area contributed by atoms with Gasteiger partial charge in [0.05, 0.1) is 0 Å². The number of nitrogens with zero attached hydrogens (tertiary/aromatic N) is 3. The maximum atomic E-state index is 6.04. The molecule has 0 aliphatic heterocycles. The third-order valence-electron chi connectivity index (χ3n) is 4.67. The summed E-state index contributed by atoms with van der Waals surface area (Å²) in [5.74, 6) is 2.85. The van der Waals surface area contributed by atoms with E-state index in [-0.39, 0.29) is 0 Å². The van der Waals surface area contributed by atoms with E-state index in [9.17, 15) is 0 Å². The monoisotopic (exact) mass is 248 g/mol. The van der Waals surface area contributed by atoms with Crippen LogP contribution >= 0.6 is 0 Å². The molecule has 1 heterocycles. The number of hydrogen-bond acceptors (Lipinski definition) is 3. The van der Waals surface area contributed by atoms with Crippen LogP contribution in [0.2, 0.25) is 0 Å². The minimum atomic E-state index is 0.367. The van der Waals surface area contributed by atoms with Gasteiger partial charge in [0.2, 0.25) is 0 Å². The molecule has 0 saturated heterocycles. The van der Waals surface area contributed by atoms with E-state index in [4.69, 9.17) is 5.73 Å². The number of nitrogens with two attached hydrogens (primary N) is 1. The SMILES string of the molecule is Cc1nnc(C2CCC(N)C2)n1C1CCCCC1. The molecule has 2 unspecified atom stereocenters. The van der Waals surface area contributed by atoms with E-state index in [2.05, 4.69) is 21.7 Å². The number of aryl methyl sites for hydroxylation is 1. The molecule has 2 aliphatic carbocycles. The zero-order valence-corrected chi connectivity index (χ0v) is 11.3. The van der Waals surface area contributed by atoms with E-state index in [1.54, 1.807) is 0 Å². The first-order valence-corrected chi connectivity index (χ1v) is 7.42. The Kier molecular flexibility index (Phi) is 3.37. The lowest BCUT2D eigenvalue weighted by Crippen LogP contribution is -2.19. The van der Waals surface area contributed by atoms with Gasteiger partial charge in [-0.2, -0.15) is 0 Å². The van der Waals surface area contributed by atoms with Crippen LogP contribution in [0.15, 0.2) is 0 Å². The number of aromatic nitrogens is 3. The smallest absolute Gasteiger partial charge is 0.136 e. The minimum absolute atomic E-state index is 0.367. The van der Waals surface area contributed by atoms with Gasteiger partial charge in [-0.1, -0.05) is 19.3 Å². The fourth-order valence-electron chi connectivity index (χ4n) is 3.71. The minimum Gasteiger partial charge on any atom is -0.328 e. The molecule has 100 valence electrons. The zero-order chi connectivity index (χ0) is 12.5. The molecule has 1 aromatic heterocycles. The molecular weight excluding hydrogens is 224 g/mol. The quantitative estimate of drug-likeness (QED) is 0.875. The molecule has 0 radical (unpaired) electrons. The first-order chi connectivity index (χ1) is 8.75. The summed E-state index contributed by atoms with van der Waals surface area (Å²) in [5, 5.41) is 8.80. The van der Waals surface area contributed by atoms with Gasteiger partial charge in [-0.3, -0.25) is 0 Å². The molecule has 4 heteroatoms. The van der Waals surface area contributed by atoms with Crippen LogP contribution in [0.4, 0.5) is 0 Å². The molecule has 0 amide bonds. The van der Waals surface area contributed by atoms with Crippen LogP contribution < -0.4 is 5.73 Å². The first-order valence-electron chi connectivity index (χ1n) is 7.42. The van der Waals surface area contributed by atoms with Crippen molar-refractivity contribution in [3.8, 4) is 0 Å². The average Bonchev–Trinajstić information content (AvgIpc) is 2.96. The Bertz CT molecular complexity index is 406. The van der Waals surface area contributed by atoms with Crippen LogP contribution in [0.1, 0.15) is 75.0 Å². The van der Waals surface area contributed by atoms with Gasteiger partial charge in [0, 0.05) is 18.0 Å². The second kappa shape index (κ2) is 5.00. The van der Waals surface area contributed by atoms with E-state index >= 15 is 0 Å². The van der Waals surface area contributed by atoms with Crippen LogP contribution in [0, 0.1) is 6.92 Å². The van der Waals surface area contributed by atoms with E-state index < -0.39 is 0 Å². The summed E-state index contributed by atoms with van der Waals surface area (Å²) in [5.41, 5.74) is 6.04. The Hall–Kier alpha value is -0.900. The van der Waals surface area contributed by atoms with Crippen molar-refractivity contribution in [2.24, 2.45) is 5.73 Å². The lowest BCUT2D eigenvalue weighted by molar-refractivity contribution is 0.335. The van der Waals surface area contributed by atoms with Crippen molar-refractivity contribution in [2.75, 3.05) is 0 Å². The second-order valence-electron chi connectivity index (χ2n) is 6.04. The molecular formula is C14H24N4. The van der Waals surface area contributed by atoms with Crippen molar-refractivity contribution in [1.82, 2.24) is 14.8 Å². The van der Waals surface area contributed by atoms with Crippen molar-refractivity contribution in [3.05, 3.63) is 11.6 Å². The van der Waals surface area contributed by atoms with Crippen molar-refractivity contribution >= 4 is 0 Å². The molecule has 2 aliphatic rings. The molecule has 2 N–H and O–H groups in total. The Balaban J connectivity index is 1.86. The molecule has 18 heavy (non-hydrogen) atoms. The van der Waals surface area contributed by atoms with E-state index in [1.807, 2.05) is 0 Å². The largest absolute Gasteiger partial charge is 0.328 e. The third kappa shape index (κ3) is 2.18. The van der Waals surface area contributed by atoms with Crippen LogP contribution in [-0.2, 0) is 0 Å². The topological polar surface area (TPSA) is 56.7 Å². The Morgan fingerprint density at radius 2 is 1.83 bits per heavy atom. The average molecular weight is 248 g/mol. The first kappa shape index (κ1) is 12.2. The van der Waals surface area contributed by atoms with Gasteiger partial charge >= 0.3 is 0 Å². The summed E-state index contributed by atoms with van der Waals surface area (Å²) >= 11 is 0. The maximum Gasteiger partial charge on any atom is 0.136 e. The molecule has 2 fully saturated rings. The maximum absolute atomic E-state index is 6.04. The van der Waals surface area contributed by atoms with Crippen LogP contribution in [0.5, 0.6) is 0 Å². The summed E-state index contributed by atoms with van der Waals surface area (Å²) in [6, 6.07) is 1.01. The molecule has 1 aromatic rings. The lowest BCUT2D eigenvalue weighted by atomic mass is 9.94. The standard InChI is InChI=1S/C14H24N4/c1-10-16-17-14(11-7-8-12(15)9-11)18(10)13-5-3-2-4-6-13/h11-13H,2-9,15H2,1H3. The molecule has 0 aromatic carbocycles. The summed E-state index contributed by atoms with van der Waals surface area (Å²) in [6.45, 7) is 2.10. The van der Waals surface area contributed by atoms with E-state index in [0.29, 0.717) is 18.0 Å². The Morgan fingerprint density at radius 1 is 1.06 bits per heavy atom. The Morgan fingerprint density at radius 3 is 2.50 bits per heavy atom. The predicted octanol–water partition coefficient (Wildman–Crippen LogP) is 2.69. The molecule has 3 rings (SSSR count). The summed E-state index contributed by atoms with van der Waals surface area (Å²) in [4.78, 5) is 0. The van der Waals surface area contributed by atoms with Crippen LogP contribution in [-0.4, -0.2) is 20.8 Å². The third-order valence-corrected chi connectivity index (χ3v) is 4.67. The Labute approximate surface area is 109 Å². The van der Waals surface area contributed by atoms with Crippen molar-refractivity contribution in [1.29, 1.82) is 0 Å². The zero-order valence-electron chi connectivity index (χ0n) is 11.3. The molecule has 2 saturated carbocycles. The van der Waals surface area contributed by atoms with Crippen molar-refractivity contribution in [3.63, 3.8) is 0 Å². The van der Waals surface area contributed by atoms with Gasteiger partial charge in [0.15, 0.2) is 0 Å². The number of hydrogen-bond donors (Lipinski definition) is 1. The van der Waals surface area contributed by atoms with Gasteiger partial charge in [-0.05, 0) is 39.0 Å². The van der Waals surface area contributed by atoms with Gasteiger partial charge in [0.1, 0.15) is 11.6 Å². The molecule has 4 nitrogen and oxygen atoms in total. The lowest BCUT2D eigenvalue weighted by Gasteiger charge is -2.26. The van der Waals surface area contributed by atoms with E-state index in [1.165, 1.54) is 44.3 Å². The van der Waals surface area contributed by atoms with Crippen molar-refractivity contribution < 1.29 is 0 Å². The van der Waals surface area contributed by atoms with Gasteiger partial charge in [0.25, 0.3) is 0 Å². The second-order valence-corrected chi connectivity index (χ2v) is 6.04. The normalized spacial score (nSPS) is 29.9. The predicted molar refractivity (Wildman–Crippen MR) is 71.4 cm³/mol. The van der Waals surface area contributed by atoms with Gasteiger partial charge in [-0.25, -0.2) is 0 Å².